The number of thiophene rings is 1. The van der Waals surface area contributed by atoms with Crippen LogP contribution in [-0.4, -0.2) is 0 Å². The first-order chi connectivity index (χ1) is 5.70. The van der Waals surface area contributed by atoms with Crippen molar-refractivity contribution < 1.29 is 4.39 Å². The summed E-state index contributed by atoms with van der Waals surface area (Å²) in [4.78, 5) is 0. The van der Waals surface area contributed by atoms with Gasteiger partial charge in [0.05, 0.1) is 9.72 Å². The molecule has 0 amide bonds. The lowest BCUT2D eigenvalue weighted by atomic mass is 10.2. The van der Waals surface area contributed by atoms with E-state index in [1.165, 1.54) is 17.4 Å². The largest absolute Gasteiger partial charge is 0.205 e. The minimum absolute atomic E-state index is 0.256. The van der Waals surface area contributed by atoms with Crippen molar-refractivity contribution in [1.29, 1.82) is 0 Å². The van der Waals surface area contributed by atoms with Crippen LogP contribution < -0.4 is 0 Å². The van der Waals surface area contributed by atoms with E-state index in [9.17, 15) is 4.39 Å². The van der Waals surface area contributed by atoms with Gasteiger partial charge in [0.15, 0.2) is 0 Å². The van der Waals surface area contributed by atoms with Gasteiger partial charge in [-0.25, -0.2) is 4.39 Å². The van der Waals surface area contributed by atoms with Gasteiger partial charge < -0.3 is 0 Å². The maximum atomic E-state index is 13.2. The number of fused-ring (bicyclic) bond motifs is 1. The number of halogens is 3. The zero-order chi connectivity index (χ0) is 8.72. The Morgan fingerprint density at radius 1 is 1.50 bits per heavy atom. The van der Waals surface area contributed by atoms with Crippen LogP contribution in [0.2, 0.25) is 5.02 Å². The second kappa shape index (κ2) is 2.98. The zero-order valence-electron chi connectivity index (χ0n) is 5.77. The molecule has 0 fully saturated rings. The van der Waals surface area contributed by atoms with E-state index >= 15 is 0 Å². The molecule has 1 aromatic heterocycles. The Bertz CT molecular complexity index is 438. The van der Waals surface area contributed by atoms with Crippen LogP contribution in [-0.2, 0) is 0 Å². The molecule has 12 heavy (non-hydrogen) atoms. The molecule has 2 rings (SSSR count). The molecule has 0 N–H and O–H groups in total. The van der Waals surface area contributed by atoms with Crippen LogP contribution >= 0.6 is 38.9 Å². The molecule has 1 heterocycles. The minimum Gasteiger partial charge on any atom is -0.205 e. The Balaban J connectivity index is 2.97. The summed E-state index contributed by atoms with van der Waals surface area (Å²) in [6.07, 6.45) is 0. The Morgan fingerprint density at radius 2 is 2.25 bits per heavy atom. The highest BCUT2D eigenvalue weighted by molar-refractivity contribution is 9.10. The topological polar surface area (TPSA) is 0 Å². The molecule has 0 saturated carbocycles. The van der Waals surface area contributed by atoms with Gasteiger partial charge in [0.25, 0.3) is 0 Å². The molecule has 2 aromatic rings. The Morgan fingerprint density at radius 3 is 3.00 bits per heavy atom. The first-order valence-electron chi connectivity index (χ1n) is 3.21. The molecule has 4 heteroatoms. The van der Waals surface area contributed by atoms with Crippen LogP contribution in [0.1, 0.15) is 0 Å². The van der Waals surface area contributed by atoms with Crippen LogP contribution in [0.15, 0.2) is 22.0 Å². The van der Waals surface area contributed by atoms with Gasteiger partial charge in [0, 0.05) is 9.86 Å². The number of hydrogen-bond acceptors (Lipinski definition) is 1. The second-order valence-electron chi connectivity index (χ2n) is 2.32. The maximum absolute atomic E-state index is 13.2. The van der Waals surface area contributed by atoms with E-state index in [1.807, 2.05) is 11.4 Å². The lowest BCUT2D eigenvalue weighted by Gasteiger charge is -1.98. The SMILES string of the molecule is Fc1cc(Cl)c(Br)c2ccsc12. The first kappa shape index (κ1) is 8.48. The van der Waals surface area contributed by atoms with Crippen molar-refractivity contribution in [3.63, 3.8) is 0 Å². The van der Waals surface area contributed by atoms with E-state index in [0.717, 1.165) is 9.86 Å². The molecule has 1 aromatic carbocycles. The highest BCUT2D eigenvalue weighted by Gasteiger charge is 2.09. The molecular weight excluding hydrogens is 263 g/mol. The highest BCUT2D eigenvalue weighted by Crippen LogP contribution is 2.35. The highest BCUT2D eigenvalue weighted by atomic mass is 79.9. The fraction of sp³-hybridized carbons (Fsp3) is 0. The van der Waals surface area contributed by atoms with Crippen molar-refractivity contribution in [3.8, 4) is 0 Å². The van der Waals surface area contributed by atoms with Crippen molar-refractivity contribution in [2.45, 2.75) is 0 Å². The fourth-order valence-corrected chi connectivity index (χ4v) is 2.62. The molecule has 0 aliphatic rings. The van der Waals surface area contributed by atoms with E-state index in [1.54, 1.807) is 0 Å². The lowest BCUT2D eigenvalue weighted by Crippen LogP contribution is -1.76. The minimum atomic E-state index is -0.256. The molecule has 0 aliphatic heterocycles. The van der Waals surface area contributed by atoms with E-state index in [0.29, 0.717) is 9.72 Å². The van der Waals surface area contributed by atoms with E-state index in [-0.39, 0.29) is 5.82 Å². The average Bonchev–Trinajstić information content (AvgIpc) is 2.48. The molecule has 62 valence electrons. The summed E-state index contributed by atoms with van der Waals surface area (Å²) in [5.74, 6) is -0.256. The third kappa shape index (κ3) is 1.16. The third-order valence-electron chi connectivity index (χ3n) is 1.58. The van der Waals surface area contributed by atoms with Crippen LogP contribution in [0.25, 0.3) is 10.1 Å². The summed E-state index contributed by atoms with van der Waals surface area (Å²) >= 11 is 10.4. The molecule has 0 unspecified atom stereocenters. The Labute approximate surface area is 86.1 Å². The van der Waals surface area contributed by atoms with Gasteiger partial charge in [-0.1, -0.05) is 11.6 Å². The molecule has 0 atom stereocenters. The van der Waals surface area contributed by atoms with Crippen molar-refractivity contribution in [2.24, 2.45) is 0 Å². The predicted molar refractivity (Wildman–Crippen MR) is 54.5 cm³/mol. The van der Waals surface area contributed by atoms with Gasteiger partial charge >= 0.3 is 0 Å². The number of hydrogen-bond donors (Lipinski definition) is 0. The van der Waals surface area contributed by atoms with Gasteiger partial charge in [-0.2, -0.15) is 0 Å². The Kier molecular flexibility index (Phi) is 2.10. The molecule has 0 radical (unpaired) electrons. The maximum Gasteiger partial charge on any atom is 0.142 e. The smallest absolute Gasteiger partial charge is 0.142 e. The molecule has 0 nitrogen and oxygen atoms in total. The Hall–Kier alpha value is -0.120. The number of benzene rings is 1. The monoisotopic (exact) mass is 264 g/mol. The molecule has 0 spiro atoms. The van der Waals surface area contributed by atoms with Crippen molar-refractivity contribution in [1.82, 2.24) is 0 Å². The summed E-state index contributed by atoms with van der Waals surface area (Å²) in [5.41, 5.74) is 0. The van der Waals surface area contributed by atoms with E-state index in [4.69, 9.17) is 11.6 Å². The normalized spacial score (nSPS) is 10.9. The summed E-state index contributed by atoms with van der Waals surface area (Å²) in [5, 5.41) is 3.10. The van der Waals surface area contributed by atoms with Crippen LogP contribution in [0.4, 0.5) is 4.39 Å². The standard InChI is InChI=1S/C8H3BrClFS/c9-7-4-1-2-12-8(4)6(11)3-5(7)10/h1-3H. The summed E-state index contributed by atoms with van der Waals surface area (Å²) < 4.78 is 14.6. The molecule has 0 aliphatic carbocycles. The summed E-state index contributed by atoms with van der Waals surface area (Å²) in [6.45, 7) is 0. The average molecular weight is 266 g/mol. The van der Waals surface area contributed by atoms with Gasteiger partial charge in [-0.15, -0.1) is 11.3 Å². The lowest BCUT2D eigenvalue weighted by molar-refractivity contribution is 0.641. The summed E-state index contributed by atoms with van der Waals surface area (Å²) in [6, 6.07) is 3.17. The predicted octanol–water partition coefficient (Wildman–Crippen LogP) is 4.46. The van der Waals surface area contributed by atoms with Crippen molar-refractivity contribution in [2.75, 3.05) is 0 Å². The van der Waals surface area contributed by atoms with E-state index < -0.39 is 0 Å². The van der Waals surface area contributed by atoms with Crippen LogP contribution in [0.3, 0.4) is 0 Å². The van der Waals surface area contributed by atoms with Crippen molar-refractivity contribution >= 4 is 49.0 Å². The molecule has 0 bridgehead atoms. The van der Waals surface area contributed by atoms with E-state index in [2.05, 4.69) is 15.9 Å². The van der Waals surface area contributed by atoms with Crippen LogP contribution in [0.5, 0.6) is 0 Å². The fourth-order valence-electron chi connectivity index (χ4n) is 1.04. The number of rotatable bonds is 0. The third-order valence-corrected chi connectivity index (χ3v) is 3.89. The van der Waals surface area contributed by atoms with Gasteiger partial charge in [-0.05, 0) is 33.4 Å². The van der Waals surface area contributed by atoms with Crippen molar-refractivity contribution in [3.05, 3.63) is 32.8 Å². The van der Waals surface area contributed by atoms with Crippen LogP contribution in [0, 0.1) is 5.82 Å². The summed E-state index contributed by atoms with van der Waals surface area (Å²) in [7, 11) is 0. The first-order valence-corrected chi connectivity index (χ1v) is 5.26. The zero-order valence-corrected chi connectivity index (χ0v) is 8.93. The second-order valence-corrected chi connectivity index (χ2v) is 4.43. The molecular formula is C8H3BrClFS. The van der Waals surface area contributed by atoms with Gasteiger partial charge in [0.2, 0.25) is 0 Å². The van der Waals surface area contributed by atoms with Gasteiger partial charge in [0.1, 0.15) is 5.82 Å². The molecule has 0 saturated heterocycles. The van der Waals surface area contributed by atoms with Gasteiger partial charge in [-0.3, -0.25) is 0 Å². The quantitative estimate of drug-likeness (QED) is 0.617.